The number of hydrogen-bond acceptors (Lipinski definition) is 4. The minimum atomic E-state index is 0.776. The van der Waals surface area contributed by atoms with Crippen LogP contribution in [0.2, 0.25) is 0 Å². The molecule has 1 aliphatic heterocycles. The van der Waals surface area contributed by atoms with Crippen molar-refractivity contribution in [1.29, 1.82) is 0 Å². The van der Waals surface area contributed by atoms with Gasteiger partial charge in [0.2, 0.25) is 5.89 Å². The molecule has 16 heavy (non-hydrogen) atoms. The molecule has 1 aromatic heterocycles. The van der Waals surface area contributed by atoms with Crippen LogP contribution in [0.1, 0.15) is 44.8 Å². The number of aromatic nitrogens is 2. The van der Waals surface area contributed by atoms with Crippen molar-refractivity contribution >= 4 is 0 Å². The summed E-state index contributed by atoms with van der Waals surface area (Å²) < 4.78 is 5.24. The molecule has 90 valence electrons. The highest BCUT2D eigenvalue weighted by atomic mass is 16.5. The molecule has 0 radical (unpaired) electrons. The van der Waals surface area contributed by atoms with Crippen molar-refractivity contribution in [2.75, 3.05) is 13.1 Å². The lowest BCUT2D eigenvalue weighted by molar-refractivity contribution is 0.165. The maximum absolute atomic E-state index is 5.24. The Morgan fingerprint density at radius 3 is 2.81 bits per heavy atom. The molecule has 0 bridgehead atoms. The molecule has 0 spiro atoms. The second-order valence-corrected chi connectivity index (χ2v) is 4.81. The standard InChI is InChI=1S/C12H21N3O/c1-3-4-11-13-12(16-14-11)9-15-7-5-10(2)6-8-15/h10H,3-9H2,1-2H3. The highest BCUT2D eigenvalue weighted by Crippen LogP contribution is 2.17. The second kappa shape index (κ2) is 5.43. The van der Waals surface area contributed by atoms with Gasteiger partial charge in [-0.05, 0) is 38.3 Å². The van der Waals surface area contributed by atoms with E-state index in [1.807, 2.05) is 0 Å². The first-order chi connectivity index (χ1) is 7.78. The van der Waals surface area contributed by atoms with Gasteiger partial charge in [0, 0.05) is 6.42 Å². The molecule has 1 aromatic rings. The summed E-state index contributed by atoms with van der Waals surface area (Å²) >= 11 is 0. The van der Waals surface area contributed by atoms with Crippen molar-refractivity contribution in [3.8, 4) is 0 Å². The average molecular weight is 223 g/mol. The molecular weight excluding hydrogens is 202 g/mol. The summed E-state index contributed by atoms with van der Waals surface area (Å²) in [5.74, 6) is 2.50. The highest BCUT2D eigenvalue weighted by molar-refractivity contribution is 4.87. The van der Waals surface area contributed by atoms with Gasteiger partial charge in [0.1, 0.15) is 0 Å². The van der Waals surface area contributed by atoms with E-state index in [2.05, 4.69) is 28.9 Å². The highest BCUT2D eigenvalue weighted by Gasteiger charge is 2.17. The molecule has 0 amide bonds. The third kappa shape index (κ3) is 3.04. The zero-order valence-corrected chi connectivity index (χ0v) is 10.3. The lowest BCUT2D eigenvalue weighted by atomic mass is 9.99. The van der Waals surface area contributed by atoms with Crippen LogP contribution >= 0.6 is 0 Å². The van der Waals surface area contributed by atoms with Crippen molar-refractivity contribution < 1.29 is 4.52 Å². The van der Waals surface area contributed by atoms with Crippen LogP contribution in [0, 0.1) is 5.92 Å². The van der Waals surface area contributed by atoms with Gasteiger partial charge >= 0.3 is 0 Å². The Morgan fingerprint density at radius 1 is 1.38 bits per heavy atom. The normalized spacial score (nSPS) is 19.1. The van der Waals surface area contributed by atoms with Crippen molar-refractivity contribution in [2.24, 2.45) is 5.92 Å². The predicted molar refractivity (Wildman–Crippen MR) is 62.0 cm³/mol. The Kier molecular flexibility index (Phi) is 3.93. The van der Waals surface area contributed by atoms with Gasteiger partial charge in [0.25, 0.3) is 0 Å². The van der Waals surface area contributed by atoms with Crippen molar-refractivity contribution in [2.45, 2.75) is 46.1 Å². The van der Waals surface area contributed by atoms with Gasteiger partial charge in [-0.2, -0.15) is 4.98 Å². The molecule has 0 saturated carbocycles. The van der Waals surface area contributed by atoms with Gasteiger partial charge in [-0.25, -0.2) is 0 Å². The maximum atomic E-state index is 5.24. The fraction of sp³-hybridized carbons (Fsp3) is 0.833. The summed E-state index contributed by atoms with van der Waals surface area (Å²) in [5, 5.41) is 3.97. The minimum absolute atomic E-state index is 0.776. The lowest BCUT2D eigenvalue weighted by Gasteiger charge is -2.28. The third-order valence-electron chi connectivity index (χ3n) is 3.22. The largest absolute Gasteiger partial charge is 0.338 e. The van der Waals surface area contributed by atoms with Gasteiger partial charge < -0.3 is 4.52 Å². The van der Waals surface area contributed by atoms with Gasteiger partial charge in [-0.3, -0.25) is 4.90 Å². The lowest BCUT2D eigenvalue weighted by Crippen LogP contribution is -2.32. The molecule has 0 aliphatic carbocycles. The average Bonchev–Trinajstić information content (AvgIpc) is 2.70. The first-order valence-corrected chi connectivity index (χ1v) is 6.31. The smallest absolute Gasteiger partial charge is 0.240 e. The van der Waals surface area contributed by atoms with Gasteiger partial charge in [0.05, 0.1) is 6.54 Å². The van der Waals surface area contributed by atoms with Gasteiger partial charge in [0.15, 0.2) is 5.82 Å². The van der Waals surface area contributed by atoms with Crippen molar-refractivity contribution in [1.82, 2.24) is 15.0 Å². The molecular formula is C12H21N3O. The maximum Gasteiger partial charge on any atom is 0.240 e. The Balaban J connectivity index is 1.83. The zero-order valence-electron chi connectivity index (χ0n) is 10.3. The fourth-order valence-corrected chi connectivity index (χ4v) is 2.09. The first-order valence-electron chi connectivity index (χ1n) is 6.31. The summed E-state index contributed by atoms with van der Waals surface area (Å²) in [6, 6.07) is 0. The molecule has 1 fully saturated rings. The molecule has 4 nitrogen and oxygen atoms in total. The Labute approximate surface area is 97.0 Å². The topological polar surface area (TPSA) is 42.2 Å². The molecule has 2 rings (SSSR count). The molecule has 4 heteroatoms. The van der Waals surface area contributed by atoms with E-state index in [-0.39, 0.29) is 0 Å². The van der Waals surface area contributed by atoms with E-state index in [9.17, 15) is 0 Å². The van der Waals surface area contributed by atoms with Crippen LogP contribution in [0.15, 0.2) is 4.52 Å². The number of aryl methyl sites for hydroxylation is 1. The monoisotopic (exact) mass is 223 g/mol. The van der Waals surface area contributed by atoms with E-state index in [1.54, 1.807) is 0 Å². The summed E-state index contributed by atoms with van der Waals surface area (Å²) in [6.07, 6.45) is 4.56. The predicted octanol–water partition coefficient (Wildman–Crippen LogP) is 2.25. The van der Waals surface area contributed by atoms with Gasteiger partial charge in [-0.1, -0.05) is 19.0 Å². The SMILES string of the molecule is CCCc1noc(CN2CCC(C)CC2)n1. The van der Waals surface area contributed by atoms with E-state index >= 15 is 0 Å². The molecule has 0 aromatic carbocycles. The summed E-state index contributed by atoms with van der Waals surface area (Å²) in [5.41, 5.74) is 0. The molecule has 0 N–H and O–H groups in total. The number of hydrogen-bond donors (Lipinski definition) is 0. The number of rotatable bonds is 4. The van der Waals surface area contributed by atoms with Crippen LogP contribution in [0.3, 0.4) is 0 Å². The first kappa shape index (κ1) is 11.6. The zero-order chi connectivity index (χ0) is 11.4. The summed E-state index contributed by atoms with van der Waals surface area (Å²) in [6.45, 7) is 7.59. The van der Waals surface area contributed by atoms with Crippen LogP contribution in [-0.2, 0) is 13.0 Å². The van der Waals surface area contributed by atoms with E-state index in [4.69, 9.17) is 4.52 Å². The number of piperidine rings is 1. The second-order valence-electron chi connectivity index (χ2n) is 4.81. The molecule has 1 aliphatic rings. The molecule has 0 unspecified atom stereocenters. The summed E-state index contributed by atoms with van der Waals surface area (Å²) in [4.78, 5) is 6.80. The molecule has 2 heterocycles. The number of likely N-dealkylation sites (tertiary alicyclic amines) is 1. The summed E-state index contributed by atoms with van der Waals surface area (Å²) in [7, 11) is 0. The van der Waals surface area contributed by atoms with E-state index in [1.165, 1.54) is 12.8 Å². The Bertz CT molecular complexity index is 316. The van der Waals surface area contributed by atoms with E-state index < -0.39 is 0 Å². The van der Waals surface area contributed by atoms with Crippen LogP contribution < -0.4 is 0 Å². The van der Waals surface area contributed by atoms with E-state index in [0.29, 0.717) is 0 Å². The fourth-order valence-electron chi connectivity index (χ4n) is 2.09. The molecule has 0 atom stereocenters. The van der Waals surface area contributed by atoms with Crippen molar-refractivity contribution in [3.63, 3.8) is 0 Å². The van der Waals surface area contributed by atoms with Crippen LogP contribution in [0.25, 0.3) is 0 Å². The van der Waals surface area contributed by atoms with Crippen LogP contribution in [-0.4, -0.2) is 28.1 Å². The third-order valence-corrected chi connectivity index (χ3v) is 3.22. The quantitative estimate of drug-likeness (QED) is 0.785. The molecule has 1 saturated heterocycles. The number of nitrogens with zero attached hydrogens (tertiary/aromatic N) is 3. The van der Waals surface area contributed by atoms with E-state index in [0.717, 1.165) is 50.1 Å². The minimum Gasteiger partial charge on any atom is -0.338 e. The van der Waals surface area contributed by atoms with Crippen LogP contribution in [0.4, 0.5) is 0 Å². The van der Waals surface area contributed by atoms with Crippen LogP contribution in [0.5, 0.6) is 0 Å². The van der Waals surface area contributed by atoms with Crippen molar-refractivity contribution in [3.05, 3.63) is 11.7 Å². The Hall–Kier alpha value is -0.900. The van der Waals surface area contributed by atoms with Gasteiger partial charge in [-0.15, -0.1) is 0 Å². The Morgan fingerprint density at radius 2 is 2.12 bits per heavy atom.